The summed E-state index contributed by atoms with van der Waals surface area (Å²) >= 11 is 0. The van der Waals surface area contributed by atoms with Crippen molar-refractivity contribution in [1.82, 2.24) is 0 Å². The maximum atomic E-state index is 12.9. The van der Waals surface area contributed by atoms with Crippen LogP contribution in [0.4, 0.5) is 24.5 Å². The number of nitrogens with one attached hydrogen (secondary N) is 1. The number of anilines is 2. The van der Waals surface area contributed by atoms with Crippen LogP contribution in [0, 0.1) is 5.92 Å². The predicted octanol–water partition coefficient (Wildman–Crippen LogP) is 4.89. The maximum absolute atomic E-state index is 12.9. The van der Waals surface area contributed by atoms with Gasteiger partial charge in [-0.25, -0.2) is 0 Å². The minimum atomic E-state index is -4.51. The lowest BCUT2D eigenvalue weighted by molar-refractivity contribution is -0.137. The van der Waals surface area contributed by atoms with Gasteiger partial charge in [0.25, 0.3) is 5.91 Å². The van der Waals surface area contributed by atoms with Gasteiger partial charge >= 0.3 is 6.18 Å². The van der Waals surface area contributed by atoms with Crippen LogP contribution >= 0.6 is 0 Å². The summed E-state index contributed by atoms with van der Waals surface area (Å²) < 4.78 is 38.6. The summed E-state index contributed by atoms with van der Waals surface area (Å²) in [7, 11) is 0. The van der Waals surface area contributed by atoms with Crippen molar-refractivity contribution >= 4 is 23.2 Å². The first-order chi connectivity index (χ1) is 13.2. The molecule has 3 rings (SSSR count). The molecule has 148 valence electrons. The SMILES string of the molecule is CC(C)C(=O)N1CCCc2ccc(NC(=O)c3cccc(C(F)(F)F)c3)cc21. The van der Waals surface area contributed by atoms with Crippen LogP contribution in [-0.4, -0.2) is 18.4 Å². The lowest BCUT2D eigenvalue weighted by atomic mass is 9.99. The number of fused-ring (bicyclic) bond motifs is 1. The predicted molar refractivity (Wildman–Crippen MR) is 101 cm³/mol. The molecule has 0 atom stereocenters. The monoisotopic (exact) mass is 390 g/mol. The van der Waals surface area contributed by atoms with Crippen LogP contribution in [0.15, 0.2) is 42.5 Å². The Hall–Kier alpha value is -2.83. The maximum Gasteiger partial charge on any atom is 0.416 e. The van der Waals surface area contributed by atoms with Crippen LogP contribution in [-0.2, 0) is 17.4 Å². The third kappa shape index (κ3) is 4.18. The van der Waals surface area contributed by atoms with Gasteiger partial charge in [-0.3, -0.25) is 9.59 Å². The average molecular weight is 390 g/mol. The summed E-state index contributed by atoms with van der Waals surface area (Å²) in [5, 5.41) is 2.63. The van der Waals surface area contributed by atoms with E-state index in [1.54, 1.807) is 17.0 Å². The summed E-state index contributed by atoms with van der Waals surface area (Å²) in [4.78, 5) is 26.6. The summed E-state index contributed by atoms with van der Waals surface area (Å²) in [6, 6.07) is 9.53. The summed E-state index contributed by atoms with van der Waals surface area (Å²) in [5.74, 6) is -0.791. The molecule has 1 N–H and O–H groups in total. The lowest BCUT2D eigenvalue weighted by Crippen LogP contribution is -2.38. The van der Waals surface area contributed by atoms with E-state index in [9.17, 15) is 22.8 Å². The highest BCUT2D eigenvalue weighted by Crippen LogP contribution is 2.32. The van der Waals surface area contributed by atoms with Gasteiger partial charge in [0.15, 0.2) is 0 Å². The average Bonchev–Trinajstić information content (AvgIpc) is 2.66. The van der Waals surface area contributed by atoms with Gasteiger partial charge in [-0.05, 0) is 48.7 Å². The molecule has 0 saturated heterocycles. The van der Waals surface area contributed by atoms with E-state index >= 15 is 0 Å². The van der Waals surface area contributed by atoms with Crippen LogP contribution in [0.25, 0.3) is 0 Å². The molecule has 2 aromatic rings. The Morgan fingerprint density at radius 3 is 2.54 bits per heavy atom. The topological polar surface area (TPSA) is 49.4 Å². The van der Waals surface area contributed by atoms with Crippen molar-refractivity contribution in [2.75, 3.05) is 16.8 Å². The molecule has 0 fully saturated rings. The van der Waals surface area contributed by atoms with Gasteiger partial charge < -0.3 is 10.2 Å². The molecule has 1 aliphatic heterocycles. The minimum absolute atomic E-state index is 0.00213. The molecule has 0 spiro atoms. The second-order valence-electron chi connectivity index (χ2n) is 7.12. The van der Waals surface area contributed by atoms with Crippen LogP contribution in [0.3, 0.4) is 0 Å². The quantitative estimate of drug-likeness (QED) is 0.811. The highest BCUT2D eigenvalue weighted by Gasteiger charge is 2.31. The molecule has 4 nitrogen and oxygen atoms in total. The third-order valence-corrected chi connectivity index (χ3v) is 4.67. The molecule has 2 aromatic carbocycles. The van der Waals surface area contributed by atoms with Gasteiger partial charge in [0, 0.05) is 29.4 Å². The second-order valence-corrected chi connectivity index (χ2v) is 7.12. The standard InChI is InChI=1S/C21H21F3N2O2/c1-13(2)20(28)26-10-4-6-14-8-9-17(12-18(14)26)25-19(27)15-5-3-7-16(11-15)21(22,23)24/h3,5,7-9,11-13H,4,6,10H2,1-2H3,(H,25,27). The molecule has 0 bridgehead atoms. The van der Waals surface area contributed by atoms with Crippen LogP contribution in [0.5, 0.6) is 0 Å². The fourth-order valence-corrected chi connectivity index (χ4v) is 3.23. The van der Waals surface area contributed by atoms with Crippen LogP contribution < -0.4 is 10.2 Å². The highest BCUT2D eigenvalue weighted by atomic mass is 19.4. The van der Waals surface area contributed by atoms with E-state index in [1.807, 2.05) is 19.9 Å². The fourth-order valence-electron chi connectivity index (χ4n) is 3.23. The van der Waals surface area contributed by atoms with Crippen molar-refractivity contribution in [2.24, 2.45) is 5.92 Å². The first-order valence-corrected chi connectivity index (χ1v) is 9.09. The van der Waals surface area contributed by atoms with E-state index in [2.05, 4.69) is 5.32 Å². The summed E-state index contributed by atoms with van der Waals surface area (Å²) in [6.07, 6.45) is -2.82. The Bertz CT molecular complexity index is 907. The number of carbonyl (C=O) groups excluding carboxylic acids is 2. The number of halogens is 3. The van der Waals surface area contributed by atoms with Crippen LogP contribution in [0.1, 0.15) is 41.8 Å². The zero-order chi connectivity index (χ0) is 20.5. The number of carbonyl (C=O) groups is 2. The Morgan fingerprint density at radius 1 is 1.11 bits per heavy atom. The zero-order valence-corrected chi connectivity index (χ0v) is 15.6. The Balaban J connectivity index is 1.85. The van der Waals surface area contributed by atoms with Gasteiger partial charge in [0.05, 0.1) is 5.56 Å². The van der Waals surface area contributed by atoms with Gasteiger partial charge in [0.1, 0.15) is 0 Å². The van der Waals surface area contributed by atoms with Crippen molar-refractivity contribution in [1.29, 1.82) is 0 Å². The van der Waals surface area contributed by atoms with Crippen molar-refractivity contribution in [2.45, 2.75) is 32.9 Å². The Labute approximate surface area is 161 Å². The van der Waals surface area contributed by atoms with Gasteiger partial charge in [0.2, 0.25) is 5.91 Å². The van der Waals surface area contributed by atoms with E-state index < -0.39 is 17.6 Å². The third-order valence-electron chi connectivity index (χ3n) is 4.67. The molecular formula is C21H21F3N2O2. The van der Waals surface area contributed by atoms with Gasteiger partial charge in [-0.2, -0.15) is 13.2 Å². The van der Waals surface area contributed by atoms with E-state index in [1.165, 1.54) is 12.1 Å². The number of alkyl halides is 3. The largest absolute Gasteiger partial charge is 0.416 e. The molecule has 0 unspecified atom stereocenters. The Morgan fingerprint density at radius 2 is 1.86 bits per heavy atom. The number of aryl methyl sites for hydroxylation is 1. The zero-order valence-electron chi connectivity index (χ0n) is 15.6. The Kier molecular flexibility index (Phi) is 5.45. The highest BCUT2D eigenvalue weighted by molar-refractivity contribution is 6.05. The van der Waals surface area contributed by atoms with Crippen molar-refractivity contribution in [3.63, 3.8) is 0 Å². The molecule has 2 amide bonds. The number of rotatable bonds is 3. The van der Waals surface area contributed by atoms with E-state index in [4.69, 9.17) is 0 Å². The van der Waals surface area contributed by atoms with E-state index in [0.29, 0.717) is 12.2 Å². The first kappa shape index (κ1) is 19.9. The minimum Gasteiger partial charge on any atom is -0.322 e. The number of benzene rings is 2. The van der Waals surface area contributed by atoms with Crippen molar-refractivity contribution < 1.29 is 22.8 Å². The molecule has 1 heterocycles. The normalized spacial score (nSPS) is 14.0. The molecule has 28 heavy (non-hydrogen) atoms. The molecule has 0 aliphatic carbocycles. The molecule has 0 radical (unpaired) electrons. The molecule has 7 heteroatoms. The molecule has 0 saturated carbocycles. The molecular weight excluding hydrogens is 369 g/mol. The van der Waals surface area contributed by atoms with Crippen LogP contribution in [0.2, 0.25) is 0 Å². The molecule has 1 aliphatic rings. The number of nitrogens with zero attached hydrogens (tertiary/aromatic N) is 1. The fraction of sp³-hybridized carbons (Fsp3) is 0.333. The lowest BCUT2D eigenvalue weighted by Gasteiger charge is -2.31. The summed E-state index contributed by atoms with van der Waals surface area (Å²) in [6.45, 7) is 4.26. The number of hydrogen-bond acceptors (Lipinski definition) is 2. The number of hydrogen-bond donors (Lipinski definition) is 1. The first-order valence-electron chi connectivity index (χ1n) is 9.09. The van der Waals surface area contributed by atoms with Crippen molar-refractivity contribution in [3.05, 3.63) is 59.2 Å². The van der Waals surface area contributed by atoms with E-state index in [-0.39, 0.29) is 17.4 Å². The second kappa shape index (κ2) is 7.66. The van der Waals surface area contributed by atoms with Crippen molar-refractivity contribution in [3.8, 4) is 0 Å². The van der Waals surface area contributed by atoms with Gasteiger partial charge in [-0.15, -0.1) is 0 Å². The van der Waals surface area contributed by atoms with E-state index in [0.717, 1.165) is 36.2 Å². The number of amides is 2. The smallest absolute Gasteiger partial charge is 0.322 e. The van der Waals surface area contributed by atoms with Gasteiger partial charge in [-0.1, -0.05) is 26.0 Å². The molecule has 0 aromatic heterocycles. The summed E-state index contributed by atoms with van der Waals surface area (Å²) in [5.41, 5.74) is 1.23.